The Morgan fingerprint density at radius 2 is 2.17 bits per heavy atom. The number of aromatic nitrogens is 2. The number of sulfonamides is 1. The molecule has 0 saturated carbocycles. The van der Waals surface area contributed by atoms with E-state index in [-0.39, 0.29) is 6.04 Å². The van der Waals surface area contributed by atoms with Crippen molar-refractivity contribution in [2.24, 2.45) is 0 Å². The third-order valence-electron chi connectivity index (χ3n) is 4.33. The molecule has 10 heteroatoms. The smallest absolute Gasteiger partial charge is 0.328 e. The van der Waals surface area contributed by atoms with Gasteiger partial charge in [0.25, 0.3) is 0 Å². The Morgan fingerprint density at radius 3 is 2.86 bits per heavy atom. The Balaban J connectivity index is 1.53. The number of nitrogens with zero attached hydrogens (tertiary/aromatic N) is 3. The molecule has 1 atom stereocenters. The van der Waals surface area contributed by atoms with Gasteiger partial charge in [0, 0.05) is 37.4 Å². The Bertz CT molecular complexity index is 992. The van der Waals surface area contributed by atoms with E-state index >= 15 is 0 Å². The minimum absolute atomic E-state index is 0.224. The molecule has 154 valence electrons. The highest BCUT2D eigenvalue weighted by Gasteiger charge is 2.22. The molecule has 1 aromatic heterocycles. The number of carboxylic acids is 1. The van der Waals surface area contributed by atoms with Gasteiger partial charge in [0.1, 0.15) is 5.82 Å². The van der Waals surface area contributed by atoms with Crippen molar-refractivity contribution < 1.29 is 18.3 Å². The fraction of sp³-hybridized carbons (Fsp3) is 0.316. The van der Waals surface area contributed by atoms with Crippen molar-refractivity contribution in [1.82, 2.24) is 14.9 Å². The molecule has 2 aromatic rings. The quantitative estimate of drug-likeness (QED) is 0.554. The van der Waals surface area contributed by atoms with Crippen molar-refractivity contribution in [3.63, 3.8) is 0 Å². The number of nitrogens with one attached hydrogen (secondary N) is 2. The molecule has 0 amide bonds. The van der Waals surface area contributed by atoms with Crippen LogP contribution in [-0.2, 0) is 21.4 Å². The Kier molecular flexibility index (Phi) is 6.45. The number of benzene rings is 1. The van der Waals surface area contributed by atoms with Crippen LogP contribution >= 0.6 is 0 Å². The van der Waals surface area contributed by atoms with E-state index in [2.05, 4.69) is 24.9 Å². The lowest BCUT2D eigenvalue weighted by molar-refractivity contribution is -0.131. The molecular formula is C19H23N5O4S. The van der Waals surface area contributed by atoms with Gasteiger partial charge in [-0.15, -0.1) is 0 Å². The summed E-state index contributed by atoms with van der Waals surface area (Å²) in [6, 6.07) is 7.61. The fourth-order valence-corrected chi connectivity index (χ4v) is 3.72. The molecular weight excluding hydrogens is 394 g/mol. The van der Waals surface area contributed by atoms with Crippen molar-refractivity contribution in [2.45, 2.75) is 19.0 Å². The first kappa shape index (κ1) is 20.7. The number of likely N-dealkylation sites (tertiary alicyclic amines) is 1. The van der Waals surface area contributed by atoms with Gasteiger partial charge >= 0.3 is 5.97 Å². The van der Waals surface area contributed by atoms with Crippen LogP contribution in [0.15, 0.2) is 42.7 Å². The highest BCUT2D eigenvalue weighted by molar-refractivity contribution is 7.92. The average Bonchev–Trinajstić information content (AvgIpc) is 3.07. The van der Waals surface area contributed by atoms with Crippen LogP contribution in [0.25, 0.3) is 6.08 Å². The van der Waals surface area contributed by atoms with Crippen LogP contribution in [0, 0.1) is 0 Å². The Labute approximate surface area is 169 Å². The van der Waals surface area contributed by atoms with Crippen molar-refractivity contribution >= 4 is 33.6 Å². The number of rotatable bonds is 8. The van der Waals surface area contributed by atoms with Gasteiger partial charge in [0.15, 0.2) is 0 Å². The summed E-state index contributed by atoms with van der Waals surface area (Å²) in [6.07, 6.45) is 7.60. The highest BCUT2D eigenvalue weighted by Crippen LogP contribution is 2.19. The number of carboxylic acid groups (broad SMARTS) is 1. The molecule has 0 radical (unpaired) electrons. The normalized spacial score (nSPS) is 17.5. The maximum atomic E-state index is 11.4. The molecule has 1 aliphatic rings. The minimum atomic E-state index is -3.30. The molecule has 1 aromatic carbocycles. The maximum Gasteiger partial charge on any atom is 0.328 e. The zero-order valence-corrected chi connectivity index (χ0v) is 16.8. The van der Waals surface area contributed by atoms with Crippen molar-refractivity contribution in [2.75, 3.05) is 29.4 Å². The van der Waals surface area contributed by atoms with Gasteiger partial charge in [-0.3, -0.25) is 14.6 Å². The summed E-state index contributed by atoms with van der Waals surface area (Å²) in [5, 5.41) is 12.0. The third-order valence-corrected chi connectivity index (χ3v) is 4.94. The topological polar surface area (TPSA) is 125 Å². The summed E-state index contributed by atoms with van der Waals surface area (Å²) in [7, 11) is -3.30. The highest BCUT2D eigenvalue weighted by atomic mass is 32.2. The third kappa shape index (κ3) is 6.84. The average molecular weight is 417 g/mol. The second kappa shape index (κ2) is 9.01. The van der Waals surface area contributed by atoms with Gasteiger partial charge in [0.05, 0.1) is 24.3 Å². The predicted molar refractivity (Wildman–Crippen MR) is 111 cm³/mol. The van der Waals surface area contributed by atoms with Crippen LogP contribution in [0.4, 0.5) is 11.5 Å². The molecule has 1 fully saturated rings. The number of hydrogen-bond acceptors (Lipinski definition) is 7. The van der Waals surface area contributed by atoms with E-state index in [4.69, 9.17) is 5.11 Å². The second-order valence-electron chi connectivity index (χ2n) is 6.94. The van der Waals surface area contributed by atoms with Gasteiger partial charge in [-0.25, -0.2) is 18.2 Å². The van der Waals surface area contributed by atoms with Gasteiger partial charge in [-0.2, -0.15) is 0 Å². The SMILES string of the molecule is CS(=O)(=O)Nc1cccc(CN2CC[C@@H](Nc3cnc(/C=C/C(=O)O)cn3)C2)c1. The first-order valence-electron chi connectivity index (χ1n) is 9.05. The molecule has 29 heavy (non-hydrogen) atoms. The van der Waals surface area contributed by atoms with Crippen molar-refractivity contribution in [3.8, 4) is 0 Å². The van der Waals surface area contributed by atoms with E-state index < -0.39 is 16.0 Å². The lowest BCUT2D eigenvalue weighted by atomic mass is 10.2. The van der Waals surface area contributed by atoms with E-state index in [1.165, 1.54) is 12.3 Å². The monoisotopic (exact) mass is 417 g/mol. The number of anilines is 2. The summed E-state index contributed by atoms with van der Waals surface area (Å²) in [5.41, 5.74) is 2.08. The molecule has 0 bridgehead atoms. The Hall–Kier alpha value is -2.98. The maximum absolute atomic E-state index is 11.4. The largest absolute Gasteiger partial charge is 0.478 e. The molecule has 2 heterocycles. The standard InChI is InChI=1S/C19H23N5O4S/c1-29(27,28)23-15-4-2-3-14(9-15)12-24-8-7-17(13-24)22-18-11-20-16(10-21-18)5-6-19(25)26/h2-6,9-11,17,23H,7-8,12-13H2,1H3,(H,21,22)(H,25,26)/b6-5+/t17-/m1/s1. The van der Waals surface area contributed by atoms with E-state index in [0.717, 1.165) is 44.0 Å². The number of hydrogen-bond donors (Lipinski definition) is 3. The predicted octanol–water partition coefficient (Wildman–Crippen LogP) is 1.63. The van der Waals surface area contributed by atoms with Crippen LogP contribution in [0.2, 0.25) is 0 Å². The lowest BCUT2D eigenvalue weighted by Gasteiger charge is -2.17. The Morgan fingerprint density at radius 1 is 1.34 bits per heavy atom. The summed E-state index contributed by atoms with van der Waals surface area (Å²) in [5.74, 6) is -0.388. The number of carbonyl (C=O) groups is 1. The van der Waals surface area contributed by atoms with Gasteiger partial charge in [-0.1, -0.05) is 12.1 Å². The van der Waals surface area contributed by atoms with Gasteiger partial charge in [0.2, 0.25) is 10.0 Å². The molecule has 9 nitrogen and oxygen atoms in total. The summed E-state index contributed by atoms with van der Waals surface area (Å²) < 4.78 is 25.3. The second-order valence-corrected chi connectivity index (χ2v) is 8.69. The molecule has 3 rings (SSSR count). The minimum Gasteiger partial charge on any atom is -0.478 e. The molecule has 1 saturated heterocycles. The van der Waals surface area contributed by atoms with Crippen LogP contribution in [-0.4, -0.2) is 59.7 Å². The molecule has 0 spiro atoms. The first-order valence-corrected chi connectivity index (χ1v) is 10.9. The van der Waals surface area contributed by atoms with E-state index in [1.54, 1.807) is 12.3 Å². The molecule has 0 unspecified atom stereocenters. The van der Waals surface area contributed by atoms with Crippen LogP contribution in [0.3, 0.4) is 0 Å². The van der Waals surface area contributed by atoms with E-state index in [1.807, 2.05) is 18.2 Å². The van der Waals surface area contributed by atoms with Gasteiger partial charge in [-0.05, 0) is 30.2 Å². The summed E-state index contributed by atoms with van der Waals surface area (Å²) in [4.78, 5) is 21.3. The van der Waals surface area contributed by atoms with Crippen LogP contribution in [0.5, 0.6) is 0 Å². The van der Waals surface area contributed by atoms with Gasteiger partial charge < -0.3 is 10.4 Å². The van der Waals surface area contributed by atoms with E-state index in [0.29, 0.717) is 17.2 Å². The van der Waals surface area contributed by atoms with Crippen molar-refractivity contribution in [1.29, 1.82) is 0 Å². The fourth-order valence-electron chi connectivity index (χ4n) is 3.16. The van der Waals surface area contributed by atoms with E-state index in [9.17, 15) is 13.2 Å². The van der Waals surface area contributed by atoms with Crippen molar-refractivity contribution in [3.05, 3.63) is 54.0 Å². The number of aliphatic carboxylic acids is 1. The molecule has 0 aliphatic carbocycles. The molecule has 3 N–H and O–H groups in total. The first-order chi connectivity index (χ1) is 13.8. The summed E-state index contributed by atoms with van der Waals surface area (Å²) >= 11 is 0. The lowest BCUT2D eigenvalue weighted by Crippen LogP contribution is -2.26. The zero-order valence-electron chi connectivity index (χ0n) is 15.9. The zero-order chi connectivity index (χ0) is 20.9. The summed E-state index contributed by atoms with van der Waals surface area (Å²) in [6.45, 7) is 2.46. The van der Waals surface area contributed by atoms with Crippen LogP contribution in [0.1, 0.15) is 17.7 Å². The molecule has 1 aliphatic heterocycles. The van der Waals surface area contributed by atoms with Crippen LogP contribution < -0.4 is 10.0 Å².